The van der Waals surface area contributed by atoms with E-state index >= 15 is 0 Å². The van der Waals surface area contributed by atoms with Gasteiger partial charge in [0.15, 0.2) is 0 Å². The quantitative estimate of drug-likeness (QED) is 0.250. The van der Waals surface area contributed by atoms with Crippen LogP contribution >= 0.6 is 0 Å². The first-order valence-corrected chi connectivity index (χ1v) is 13.4. The molecular weight excluding hydrogens is 543 g/mol. The van der Waals surface area contributed by atoms with Gasteiger partial charge in [0.2, 0.25) is 11.8 Å². The second-order valence-corrected chi connectivity index (χ2v) is 10.2. The molecule has 0 radical (unpaired) electrons. The van der Waals surface area contributed by atoms with Crippen LogP contribution in [0.4, 0.5) is 15.8 Å². The first kappa shape index (κ1) is 27.2. The summed E-state index contributed by atoms with van der Waals surface area (Å²) in [7, 11) is 1.49. The third-order valence-electron chi connectivity index (χ3n) is 7.30. The number of halogens is 1. The van der Waals surface area contributed by atoms with Gasteiger partial charge in [0, 0.05) is 29.0 Å². The number of anilines is 2. The number of hydrogen-bond donors (Lipinski definition) is 3. The Morgan fingerprint density at radius 1 is 0.905 bits per heavy atom. The number of aromatic nitrogens is 1. The van der Waals surface area contributed by atoms with Crippen LogP contribution in [-0.4, -0.2) is 49.1 Å². The minimum absolute atomic E-state index is 0.0412. The summed E-state index contributed by atoms with van der Waals surface area (Å²) in [5.41, 5.74) is 0.688. The number of fused-ring (bicyclic) bond motifs is 1. The molecule has 214 valence electrons. The molecule has 1 aliphatic heterocycles. The minimum Gasteiger partial charge on any atom is -0.496 e. The van der Waals surface area contributed by atoms with Crippen molar-refractivity contribution in [2.24, 2.45) is 5.41 Å². The molecule has 11 heteroatoms. The molecule has 3 aromatic carbocycles. The molecular formula is C31H27FN4O6. The van der Waals surface area contributed by atoms with E-state index in [0.29, 0.717) is 71.1 Å². The van der Waals surface area contributed by atoms with E-state index < -0.39 is 23.0 Å². The molecule has 0 unspecified atom stereocenters. The molecule has 4 aromatic rings. The van der Waals surface area contributed by atoms with Crippen LogP contribution in [0.5, 0.6) is 17.2 Å². The molecule has 3 N–H and O–H groups in total. The third kappa shape index (κ3) is 5.46. The summed E-state index contributed by atoms with van der Waals surface area (Å²) in [5, 5.41) is 9.04. The Labute approximate surface area is 240 Å². The number of hydrogen-bond acceptors (Lipinski definition) is 7. The number of pyridine rings is 1. The van der Waals surface area contributed by atoms with Gasteiger partial charge in [0.05, 0.1) is 37.4 Å². The van der Waals surface area contributed by atoms with E-state index in [1.807, 2.05) is 0 Å². The maximum absolute atomic E-state index is 13.2. The maximum atomic E-state index is 13.2. The lowest BCUT2D eigenvalue weighted by Gasteiger charge is -2.27. The van der Waals surface area contributed by atoms with E-state index in [-0.39, 0.29) is 11.9 Å². The lowest BCUT2D eigenvalue weighted by Crippen LogP contribution is -2.48. The Hall–Kier alpha value is -5.03. The number of methoxy groups -OCH3 is 1. The first-order chi connectivity index (χ1) is 20.3. The van der Waals surface area contributed by atoms with Crippen molar-refractivity contribution in [1.82, 2.24) is 10.3 Å². The highest BCUT2D eigenvalue weighted by Gasteiger charge is 2.56. The molecule has 0 spiro atoms. The van der Waals surface area contributed by atoms with E-state index in [1.54, 1.807) is 48.7 Å². The minimum atomic E-state index is -1.17. The molecule has 0 atom stereocenters. The van der Waals surface area contributed by atoms with Crippen LogP contribution in [0.25, 0.3) is 10.9 Å². The van der Waals surface area contributed by atoms with E-state index in [4.69, 9.17) is 14.2 Å². The van der Waals surface area contributed by atoms with Crippen molar-refractivity contribution in [3.05, 3.63) is 84.3 Å². The third-order valence-corrected chi connectivity index (χ3v) is 7.30. The second-order valence-electron chi connectivity index (χ2n) is 10.2. The summed E-state index contributed by atoms with van der Waals surface area (Å²) in [6.45, 7) is 0.941. The van der Waals surface area contributed by atoms with Gasteiger partial charge in [-0.3, -0.25) is 19.4 Å². The molecule has 2 fully saturated rings. The molecule has 6 rings (SSSR count). The Morgan fingerprint density at radius 2 is 1.55 bits per heavy atom. The highest BCUT2D eigenvalue weighted by molar-refractivity contribution is 6.17. The van der Waals surface area contributed by atoms with Crippen molar-refractivity contribution in [2.45, 2.75) is 18.9 Å². The average molecular weight is 571 g/mol. The molecule has 2 heterocycles. The number of amides is 3. The van der Waals surface area contributed by atoms with Crippen molar-refractivity contribution in [3.63, 3.8) is 0 Å². The van der Waals surface area contributed by atoms with Crippen LogP contribution in [0.15, 0.2) is 72.9 Å². The Morgan fingerprint density at radius 3 is 2.12 bits per heavy atom. The van der Waals surface area contributed by atoms with Gasteiger partial charge in [-0.15, -0.1) is 0 Å². The number of ether oxygens (including phenoxy) is 3. The number of rotatable bonds is 9. The second kappa shape index (κ2) is 11.1. The molecule has 10 nitrogen and oxygen atoms in total. The lowest BCUT2D eigenvalue weighted by molar-refractivity contribution is -0.131. The van der Waals surface area contributed by atoms with E-state index in [9.17, 15) is 18.8 Å². The zero-order valence-electron chi connectivity index (χ0n) is 22.6. The van der Waals surface area contributed by atoms with Crippen LogP contribution in [0.2, 0.25) is 0 Å². The highest BCUT2D eigenvalue weighted by Crippen LogP contribution is 2.47. The first-order valence-electron chi connectivity index (χ1n) is 13.4. The van der Waals surface area contributed by atoms with Crippen molar-refractivity contribution in [2.75, 3.05) is 31.0 Å². The van der Waals surface area contributed by atoms with Crippen LogP contribution in [0.1, 0.15) is 23.2 Å². The van der Waals surface area contributed by atoms with Crippen LogP contribution in [-0.2, 0) is 14.3 Å². The molecule has 0 bridgehead atoms. The SMILES string of the molecule is COc1cc2nccc(Oc3ccc(NC(=O)C4(C(=O)Nc5ccc(F)cc5)CC4)cc3)c2cc1C(=O)NC1COC1. The monoisotopic (exact) mass is 570 g/mol. The summed E-state index contributed by atoms with van der Waals surface area (Å²) in [6, 6.07) is 17.1. The standard InChI is InChI=1S/C31H27FN4O6/c1-40-27-15-25-23(14-24(27)28(37)34-21-16-41-17-21)26(10-13-33-25)42-22-8-6-20(7-9-22)36-30(39)31(11-12-31)29(38)35-19-4-2-18(32)3-5-19/h2-10,13-15,21H,11-12,16-17H2,1H3,(H,34,37)(H,35,38)(H,36,39). The van der Waals surface area contributed by atoms with Gasteiger partial charge in [-0.2, -0.15) is 0 Å². The normalized spacial score (nSPS) is 15.3. The zero-order chi connectivity index (χ0) is 29.3. The van der Waals surface area contributed by atoms with Crippen molar-refractivity contribution in [3.8, 4) is 17.2 Å². The fourth-order valence-corrected chi connectivity index (χ4v) is 4.62. The van der Waals surface area contributed by atoms with Crippen molar-refractivity contribution in [1.29, 1.82) is 0 Å². The molecule has 2 aliphatic rings. The Bertz CT molecular complexity index is 1670. The fraction of sp³-hybridized carbons (Fsp3) is 0.226. The molecule has 42 heavy (non-hydrogen) atoms. The molecule has 1 aliphatic carbocycles. The van der Waals surface area contributed by atoms with Gasteiger partial charge < -0.3 is 30.2 Å². The van der Waals surface area contributed by atoms with E-state index in [0.717, 1.165) is 0 Å². The van der Waals surface area contributed by atoms with Crippen LogP contribution in [0, 0.1) is 11.2 Å². The van der Waals surface area contributed by atoms with Gasteiger partial charge in [0.1, 0.15) is 28.5 Å². The lowest BCUT2D eigenvalue weighted by atomic mass is 10.0. The molecule has 3 amide bonds. The van der Waals surface area contributed by atoms with Gasteiger partial charge in [-0.05, 0) is 73.5 Å². The Balaban J connectivity index is 1.15. The molecule has 1 saturated carbocycles. The van der Waals surface area contributed by atoms with Gasteiger partial charge in [-0.1, -0.05) is 0 Å². The van der Waals surface area contributed by atoms with Gasteiger partial charge in [0.25, 0.3) is 5.91 Å². The topological polar surface area (TPSA) is 128 Å². The number of nitrogens with one attached hydrogen (secondary N) is 3. The van der Waals surface area contributed by atoms with Crippen LogP contribution < -0.4 is 25.4 Å². The number of nitrogens with zero attached hydrogens (tertiary/aromatic N) is 1. The highest BCUT2D eigenvalue weighted by atomic mass is 19.1. The molecule has 1 saturated heterocycles. The van der Waals surface area contributed by atoms with E-state index in [2.05, 4.69) is 20.9 Å². The fourth-order valence-electron chi connectivity index (χ4n) is 4.62. The van der Waals surface area contributed by atoms with Crippen LogP contribution in [0.3, 0.4) is 0 Å². The summed E-state index contributed by atoms with van der Waals surface area (Å²) < 4.78 is 29.9. The Kier molecular flexibility index (Phi) is 7.17. The average Bonchev–Trinajstić information content (AvgIpc) is 3.79. The predicted molar refractivity (Wildman–Crippen MR) is 152 cm³/mol. The summed E-state index contributed by atoms with van der Waals surface area (Å²) in [4.78, 5) is 43.1. The van der Waals surface area contributed by atoms with E-state index in [1.165, 1.54) is 31.4 Å². The number of benzene rings is 3. The molecule has 1 aromatic heterocycles. The number of carbonyl (C=O) groups is 3. The number of carbonyl (C=O) groups excluding carboxylic acids is 3. The van der Waals surface area contributed by atoms with Crippen molar-refractivity contribution >= 4 is 40.0 Å². The summed E-state index contributed by atoms with van der Waals surface area (Å²) in [5.74, 6) is -0.171. The smallest absolute Gasteiger partial charge is 0.255 e. The predicted octanol–water partition coefficient (Wildman–Crippen LogP) is 4.66. The zero-order valence-corrected chi connectivity index (χ0v) is 22.6. The maximum Gasteiger partial charge on any atom is 0.255 e. The van der Waals surface area contributed by atoms with Gasteiger partial charge in [-0.25, -0.2) is 4.39 Å². The summed E-state index contributed by atoms with van der Waals surface area (Å²) >= 11 is 0. The van der Waals surface area contributed by atoms with Gasteiger partial charge >= 0.3 is 0 Å². The van der Waals surface area contributed by atoms with Crippen molar-refractivity contribution < 1.29 is 33.0 Å². The summed E-state index contributed by atoms with van der Waals surface area (Å²) in [6.07, 6.45) is 2.44. The largest absolute Gasteiger partial charge is 0.496 e.